The molecule has 106 valence electrons. The van der Waals surface area contributed by atoms with Gasteiger partial charge in [-0.05, 0) is 31.2 Å². The predicted molar refractivity (Wildman–Crippen MR) is 75.5 cm³/mol. The summed E-state index contributed by atoms with van der Waals surface area (Å²) in [4.78, 5) is 0. The second-order valence-corrected chi connectivity index (χ2v) is 6.80. The van der Waals surface area contributed by atoms with Crippen molar-refractivity contribution < 1.29 is 13.3 Å². The molecule has 19 heavy (non-hydrogen) atoms. The third-order valence-corrected chi connectivity index (χ3v) is 4.80. The van der Waals surface area contributed by atoms with Gasteiger partial charge in [0, 0.05) is 40.8 Å². The summed E-state index contributed by atoms with van der Waals surface area (Å²) in [5.74, 6) is 0.575. The number of ether oxygens (including phenoxy) is 1. The predicted octanol–water partition coefficient (Wildman–Crippen LogP) is 1.88. The molecule has 1 heterocycles. The van der Waals surface area contributed by atoms with Crippen LogP contribution in [0.3, 0.4) is 0 Å². The molecule has 0 saturated carbocycles. The Balaban J connectivity index is 1.71. The van der Waals surface area contributed by atoms with Gasteiger partial charge in [0.15, 0.2) is 0 Å². The molecule has 0 bridgehead atoms. The first-order valence-electron chi connectivity index (χ1n) is 6.54. The van der Waals surface area contributed by atoms with E-state index in [0.717, 1.165) is 37.2 Å². The highest BCUT2D eigenvalue weighted by atomic mass is 32.2. The molecular formula is C14H20FNO2S. The lowest BCUT2D eigenvalue weighted by atomic mass is 10.1. The first-order chi connectivity index (χ1) is 9.06. The zero-order valence-electron chi connectivity index (χ0n) is 11.3. The molecule has 1 aliphatic heterocycles. The fourth-order valence-electron chi connectivity index (χ4n) is 2.14. The number of fused-ring (bicyclic) bond motifs is 1. The van der Waals surface area contributed by atoms with Crippen molar-refractivity contribution in [1.82, 2.24) is 5.32 Å². The number of nitrogens with one attached hydrogen (secondary N) is 1. The van der Waals surface area contributed by atoms with Crippen molar-refractivity contribution in [2.75, 3.05) is 19.3 Å². The molecule has 3 unspecified atom stereocenters. The Labute approximate surface area is 116 Å². The molecule has 1 aromatic carbocycles. The van der Waals surface area contributed by atoms with E-state index in [1.807, 2.05) is 6.92 Å². The van der Waals surface area contributed by atoms with Crippen LogP contribution in [0.15, 0.2) is 18.2 Å². The summed E-state index contributed by atoms with van der Waals surface area (Å²) in [6.45, 7) is 3.55. The van der Waals surface area contributed by atoms with E-state index >= 15 is 0 Å². The van der Waals surface area contributed by atoms with Crippen LogP contribution in [0, 0.1) is 5.82 Å². The molecule has 2 rings (SSSR count). The Kier molecular flexibility index (Phi) is 4.93. The smallest absolute Gasteiger partial charge is 0.123 e. The Morgan fingerprint density at radius 1 is 1.58 bits per heavy atom. The van der Waals surface area contributed by atoms with Gasteiger partial charge in [-0.2, -0.15) is 0 Å². The van der Waals surface area contributed by atoms with Gasteiger partial charge >= 0.3 is 0 Å². The van der Waals surface area contributed by atoms with E-state index in [0.29, 0.717) is 0 Å². The van der Waals surface area contributed by atoms with Crippen LogP contribution in [0.2, 0.25) is 0 Å². The van der Waals surface area contributed by atoms with E-state index in [-0.39, 0.29) is 17.2 Å². The summed E-state index contributed by atoms with van der Waals surface area (Å²) in [5, 5.41) is 3.52. The number of benzene rings is 1. The number of halogens is 1. The minimum absolute atomic E-state index is 0.0687. The van der Waals surface area contributed by atoms with E-state index < -0.39 is 10.8 Å². The summed E-state index contributed by atoms with van der Waals surface area (Å²) in [6.07, 6.45) is 3.43. The van der Waals surface area contributed by atoms with Crippen molar-refractivity contribution in [2.45, 2.75) is 31.1 Å². The van der Waals surface area contributed by atoms with Crippen molar-refractivity contribution in [2.24, 2.45) is 0 Å². The Morgan fingerprint density at radius 2 is 2.37 bits per heavy atom. The average Bonchev–Trinajstić information content (AvgIpc) is 2.75. The third-order valence-electron chi connectivity index (χ3n) is 3.43. The van der Waals surface area contributed by atoms with Crippen molar-refractivity contribution in [3.05, 3.63) is 29.6 Å². The maximum atomic E-state index is 13.1. The quantitative estimate of drug-likeness (QED) is 0.811. The molecule has 0 fully saturated rings. The average molecular weight is 285 g/mol. The van der Waals surface area contributed by atoms with Crippen LogP contribution in [0.4, 0.5) is 4.39 Å². The molecule has 1 aromatic rings. The molecule has 0 saturated heterocycles. The van der Waals surface area contributed by atoms with Gasteiger partial charge in [-0.15, -0.1) is 0 Å². The van der Waals surface area contributed by atoms with E-state index in [2.05, 4.69) is 5.32 Å². The SMILES string of the molecule is CC(CCNCC1Cc2cc(F)ccc2O1)S(C)=O. The maximum Gasteiger partial charge on any atom is 0.123 e. The van der Waals surface area contributed by atoms with Gasteiger partial charge in [0.05, 0.1) is 0 Å². The molecule has 3 atom stereocenters. The van der Waals surface area contributed by atoms with Crippen molar-refractivity contribution in [3.8, 4) is 5.75 Å². The Morgan fingerprint density at radius 3 is 3.11 bits per heavy atom. The summed E-state index contributed by atoms with van der Waals surface area (Å²) < 4.78 is 30.0. The van der Waals surface area contributed by atoms with Crippen LogP contribution in [0.1, 0.15) is 18.9 Å². The number of hydrogen-bond donors (Lipinski definition) is 1. The van der Waals surface area contributed by atoms with Crippen LogP contribution in [0.5, 0.6) is 5.75 Å². The molecule has 1 N–H and O–H groups in total. The van der Waals surface area contributed by atoms with Gasteiger partial charge in [-0.1, -0.05) is 6.92 Å². The summed E-state index contributed by atoms with van der Waals surface area (Å²) in [5.41, 5.74) is 0.940. The summed E-state index contributed by atoms with van der Waals surface area (Å²) in [7, 11) is -0.764. The zero-order valence-corrected chi connectivity index (χ0v) is 12.1. The summed E-state index contributed by atoms with van der Waals surface area (Å²) in [6, 6.07) is 4.65. The third kappa shape index (κ3) is 4.01. The van der Waals surface area contributed by atoms with Gasteiger partial charge in [0.1, 0.15) is 17.7 Å². The Hall–Kier alpha value is -0.940. The normalized spacial score (nSPS) is 20.7. The van der Waals surface area contributed by atoms with E-state index in [1.165, 1.54) is 12.1 Å². The standard InChI is InChI=1S/C14H20FNO2S/c1-10(19(2)17)5-6-16-9-13-8-11-7-12(15)3-4-14(11)18-13/h3-4,7,10,13,16H,5-6,8-9H2,1-2H3. The van der Waals surface area contributed by atoms with Crippen LogP contribution < -0.4 is 10.1 Å². The van der Waals surface area contributed by atoms with Gasteiger partial charge in [0.25, 0.3) is 0 Å². The fourth-order valence-corrected chi connectivity index (χ4v) is 2.59. The van der Waals surface area contributed by atoms with Gasteiger partial charge in [0.2, 0.25) is 0 Å². The van der Waals surface area contributed by atoms with Gasteiger partial charge < -0.3 is 10.1 Å². The van der Waals surface area contributed by atoms with Crippen LogP contribution >= 0.6 is 0 Å². The monoisotopic (exact) mass is 285 g/mol. The largest absolute Gasteiger partial charge is 0.488 e. The molecule has 0 radical (unpaired) electrons. The molecule has 0 amide bonds. The molecule has 0 aromatic heterocycles. The molecular weight excluding hydrogens is 265 g/mol. The van der Waals surface area contributed by atoms with Crippen molar-refractivity contribution in [1.29, 1.82) is 0 Å². The lowest BCUT2D eigenvalue weighted by Crippen LogP contribution is -2.32. The molecule has 3 nitrogen and oxygen atoms in total. The first-order valence-corrected chi connectivity index (χ1v) is 8.16. The molecule has 1 aliphatic rings. The topological polar surface area (TPSA) is 38.3 Å². The first kappa shape index (κ1) is 14.5. The molecule has 0 aliphatic carbocycles. The molecule has 0 spiro atoms. The lowest BCUT2D eigenvalue weighted by Gasteiger charge is -2.13. The van der Waals surface area contributed by atoms with Gasteiger partial charge in [-0.25, -0.2) is 4.39 Å². The second kappa shape index (κ2) is 6.48. The van der Waals surface area contributed by atoms with E-state index in [1.54, 1.807) is 12.3 Å². The van der Waals surface area contributed by atoms with Crippen LogP contribution in [0.25, 0.3) is 0 Å². The van der Waals surface area contributed by atoms with Crippen molar-refractivity contribution in [3.63, 3.8) is 0 Å². The second-order valence-electron chi connectivity index (χ2n) is 5.00. The highest BCUT2D eigenvalue weighted by Gasteiger charge is 2.22. The highest BCUT2D eigenvalue weighted by Crippen LogP contribution is 2.28. The van der Waals surface area contributed by atoms with Crippen molar-refractivity contribution >= 4 is 10.8 Å². The van der Waals surface area contributed by atoms with Crippen LogP contribution in [-0.4, -0.2) is 34.9 Å². The highest BCUT2D eigenvalue weighted by molar-refractivity contribution is 7.84. The van der Waals surface area contributed by atoms with Crippen LogP contribution in [-0.2, 0) is 17.2 Å². The lowest BCUT2D eigenvalue weighted by molar-refractivity contribution is 0.227. The minimum atomic E-state index is -0.764. The zero-order chi connectivity index (χ0) is 13.8. The number of hydrogen-bond acceptors (Lipinski definition) is 3. The Bertz CT molecular complexity index is 467. The summed E-state index contributed by atoms with van der Waals surface area (Å²) >= 11 is 0. The number of rotatable bonds is 6. The van der Waals surface area contributed by atoms with Gasteiger partial charge in [-0.3, -0.25) is 4.21 Å². The molecule has 5 heteroatoms. The van der Waals surface area contributed by atoms with E-state index in [9.17, 15) is 8.60 Å². The fraction of sp³-hybridized carbons (Fsp3) is 0.571. The minimum Gasteiger partial charge on any atom is -0.488 e. The maximum absolute atomic E-state index is 13.1. The van der Waals surface area contributed by atoms with E-state index in [4.69, 9.17) is 4.74 Å².